The molecule has 0 saturated carbocycles. The molecule has 0 fully saturated rings. The van der Waals surface area contributed by atoms with Crippen LogP contribution in [0, 0.1) is 10.8 Å². The number of fused-ring (bicyclic) bond motifs is 2. The summed E-state index contributed by atoms with van der Waals surface area (Å²) in [4.78, 5) is 0. The lowest BCUT2D eigenvalue weighted by Gasteiger charge is -2.37. The van der Waals surface area contributed by atoms with Crippen molar-refractivity contribution in [1.29, 1.82) is 0 Å². The van der Waals surface area contributed by atoms with Crippen LogP contribution in [-0.2, 0) is 18.5 Å². The molecule has 0 aromatic heterocycles. The van der Waals surface area contributed by atoms with Crippen molar-refractivity contribution in [3.63, 3.8) is 0 Å². The Morgan fingerprint density at radius 3 is 2.40 bits per heavy atom. The van der Waals surface area contributed by atoms with Crippen LogP contribution in [0.5, 0.6) is 0 Å². The van der Waals surface area contributed by atoms with Crippen LogP contribution in [0.2, 0.25) is 0 Å². The molecule has 0 saturated heterocycles. The van der Waals surface area contributed by atoms with Crippen molar-refractivity contribution in [3.05, 3.63) is 100 Å². The monoisotopic (exact) mass is 470 g/mol. The molecule has 0 bridgehead atoms. The maximum atomic E-state index is 14.5. The van der Waals surface area contributed by atoms with Gasteiger partial charge in [-0.2, -0.15) is 0 Å². The third kappa shape index (κ3) is 5.55. The predicted octanol–water partition coefficient (Wildman–Crippen LogP) is 9.92. The Labute approximate surface area is 213 Å². The van der Waals surface area contributed by atoms with E-state index in [1.165, 1.54) is 53.5 Å². The Bertz CT molecular complexity index is 1170. The van der Waals surface area contributed by atoms with Crippen molar-refractivity contribution < 1.29 is 4.39 Å². The maximum absolute atomic E-state index is 14.5. The van der Waals surface area contributed by atoms with Gasteiger partial charge in [-0.25, -0.2) is 4.39 Å². The summed E-state index contributed by atoms with van der Waals surface area (Å²) in [6.07, 6.45) is 12.9. The summed E-state index contributed by atoms with van der Waals surface area (Å²) >= 11 is 0. The highest BCUT2D eigenvalue weighted by Gasteiger charge is 2.32. The lowest BCUT2D eigenvalue weighted by atomic mass is 9.67. The molecule has 0 heterocycles. The molecule has 0 nitrogen and oxygen atoms in total. The number of alkyl halides is 1. The summed E-state index contributed by atoms with van der Waals surface area (Å²) in [5.74, 6) is 0. The van der Waals surface area contributed by atoms with E-state index in [2.05, 4.69) is 70.7 Å². The molecule has 1 unspecified atom stereocenters. The van der Waals surface area contributed by atoms with E-state index in [0.29, 0.717) is 5.41 Å². The summed E-state index contributed by atoms with van der Waals surface area (Å²) in [5.41, 5.74) is 9.07. The van der Waals surface area contributed by atoms with Gasteiger partial charge in [0.2, 0.25) is 0 Å². The third-order valence-electron chi connectivity index (χ3n) is 8.89. The quantitative estimate of drug-likeness (QED) is 0.360. The molecule has 186 valence electrons. The van der Waals surface area contributed by atoms with Crippen LogP contribution in [0.25, 0.3) is 5.57 Å². The molecule has 0 aliphatic heterocycles. The smallest absolute Gasteiger partial charge is 0.130 e. The summed E-state index contributed by atoms with van der Waals surface area (Å²) in [7, 11) is 0. The zero-order chi connectivity index (χ0) is 25.4. The van der Waals surface area contributed by atoms with Gasteiger partial charge in [-0.1, -0.05) is 102 Å². The second kappa shape index (κ2) is 9.57. The van der Waals surface area contributed by atoms with E-state index >= 15 is 0 Å². The van der Waals surface area contributed by atoms with Crippen molar-refractivity contribution in [2.75, 3.05) is 0 Å². The molecule has 0 radical (unpaired) electrons. The fourth-order valence-electron chi connectivity index (χ4n) is 5.59. The van der Waals surface area contributed by atoms with Crippen LogP contribution in [0.1, 0.15) is 101 Å². The van der Waals surface area contributed by atoms with Crippen molar-refractivity contribution in [2.24, 2.45) is 10.8 Å². The molecule has 1 heteroatoms. The molecule has 4 rings (SSSR count). The standard InChI is InChI=1S/C34H43F/c1-8-33(6,9-2)17-18-34(7)16-15-28-22-27-14-13-26(21-30(27)24(3)31(28)23-34)19-25-11-10-12-29(20-25)32(4,5)35/h10-15,20-21,23H,3,8-9,16-19,22H2,1-2,4-7H3. The topological polar surface area (TPSA) is 0 Å². The first kappa shape index (κ1) is 25.7. The van der Waals surface area contributed by atoms with Crippen LogP contribution >= 0.6 is 0 Å². The van der Waals surface area contributed by atoms with Crippen molar-refractivity contribution in [3.8, 4) is 0 Å². The fourth-order valence-corrected chi connectivity index (χ4v) is 5.59. The van der Waals surface area contributed by atoms with Gasteiger partial charge in [-0.05, 0) is 101 Å². The minimum absolute atomic E-state index is 0.197. The molecule has 2 aromatic rings. The maximum Gasteiger partial charge on any atom is 0.130 e. The van der Waals surface area contributed by atoms with Gasteiger partial charge in [0, 0.05) is 0 Å². The number of allylic oxidation sites excluding steroid dienone is 5. The first-order chi connectivity index (χ1) is 16.5. The summed E-state index contributed by atoms with van der Waals surface area (Å²) < 4.78 is 14.5. The van der Waals surface area contributed by atoms with E-state index < -0.39 is 5.67 Å². The van der Waals surface area contributed by atoms with E-state index in [4.69, 9.17) is 0 Å². The Morgan fingerprint density at radius 1 is 1.00 bits per heavy atom. The lowest BCUT2D eigenvalue weighted by Crippen LogP contribution is -2.24. The normalized spacial score (nSPS) is 20.1. The van der Waals surface area contributed by atoms with Gasteiger partial charge in [0.05, 0.1) is 0 Å². The minimum atomic E-state index is -1.32. The summed E-state index contributed by atoms with van der Waals surface area (Å²) in [5, 5.41) is 0. The lowest BCUT2D eigenvalue weighted by molar-refractivity contribution is 0.221. The molecular formula is C34H43F. The first-order valence-corrected chi connectivity index (χ1v) is 13.5. The molecule has 0 amide bonds. The van der Waals surface area contributed by atoms with Crippen LogP contribution < -0.4 is 0 Å². The number of rotatable bonds is 8. The molecule has 0 spiro atoms. The van der Waals surface area contributed by atoms with Crippen LogP contribution in [0.15, 0.2) is 72.3 Å². The highest BCUT2D eigenvalue weighted by molar-refractivity contribution is 5.87. The number of halogens is 1. The average molecular weight is 471 g/mol. The first-order valence-electron chi connectivity index (χ1n) is 13.5. The Hall–Kier alpha value is -2.41. The number of benzene rings is 2. The van der Waals surface area contributed by atoms with Crippen molar-refractivity contribution in [2.45, 2.75) is 92.2 Å². The van der Waals surface area contributed by atoms with Crippen LogP contribution in [-0.4, -0.2) is 0 Å². The summed E-state index contributed by atoms with van der Waals surface area (Å²) in [6.45, 7) is 17.4. The number of hydrogen-bond acceptors (Lipinski definition) is 0. The molecule has 1 atom stereocenters. The fraction of sp³-hybridized carbons (Fsp3) is 0.471. The van der Waals surface area contributed by atoms with Crippen molar-refractivity contribution in [1.82, 2.24) is 0 Å². The SMILES string of the molecule is C=C1C2=CC(C)(CCC(C)(CC)CC)CC=C2Cc2ccc(Cc3cccc(C(C)(C)F)c3)cc21. The van der Waals surface area contributed by atoms with Gasteiger partial charge in [-0.3, -0.25) is 0 Å². The summed E-state index contributed by atoms with van der Waals surface area (Å²) in [6, 6.07) is 14.8. The molecule has 35 heavy (non-hydrogen) atoms. The van der Waals surface area contributed by atoms with Crippen molar-refractivity contribution >= 4 is 5.57 Å². The van der Waals surface area contributed by atoms with Gasteiger partial charge < -0.3 is 0 Å². The average Bonchev–Trinajstić information content (AvgIpc) is 2.83. The second-order valence-corrected chi connectivity index (χ2v) is 12.2. The van der Waals surface area contributed by atoms with Gasteiger partial charge >= 0.3 is 0 Å². The van der Waals surface area contributed by atoms with E-state index in [0.717, 1.165) is 36.0 Å². The van der Waals surface area contributed by atoms with E-state index in [1.54, 1.807) is 13.8 Å². The van der Waals surface area contributed by atoms with Gasteiger partial charge in [-0.15, -0.1) is 0 Å². The Balaban J connectivity index is 1.57. The zero-order valence-electron chi connectivity index (χ0n) is 22.7. The molecular weight excluding hydrogens is 427 g/mol. The highest BCUT2D eigenvalue weighted by atomic mass is 19.1. The molecule has 2 aliphatic carbocycles. The Kier molecular flexibility index (Phi) is 7.02. The predicted molar refractivity (Wildman–Crippen MR) is 149 cm³/mol. The molecule has 2 aliphatic rings. The zero-order valence-corrected chi connectivity index (χ0v) is 22.7. The Morgan fingerprint density at radius 2 is 1.71 bits per heavy atom. The van der Waals surface area contributed by atoms with E-state index in [9.17, 15) is 4.39 Å². The molecule has 2 aromatic carbocycles. The highest BCUT2D eigenvalue weighted by Crippen LogP contribution is 2.47. The van der Waals surface area contributed by atoms with Gasteiger partial charge in [0.25, 0.3) is 0 Å². The van der Waals surface area contributed by atoms with Gasteiger partial charge in [0.15, 0.2) is 0 Å². The third-order valence-corrected chi connectivity index (χ3v) is 8.89. The van der Waals surface area contributed by atoms with E-state index in [1.807, 2.05) is 18.2 Å². The largest absolute Gasteiger partial charge is 0.239 e. The molecule has 0 N–H and O–H groups in total. The van der Waals surface area contributed by atoms with Gasteiger partial charge in [0.1, 0.15) is 5.67 Å². The van der Waals surface area contributed by atoms with E-state index in [-0.39, 0.29) is 5.41 Å². The number of hydrogen-bond donors (Lipinski definition) is 0. The van der Waals surface area contributed by atoms with Crippen LogP contribution in [0.4, 0.5) is 4.39 Å². The van der Waals surface area contributed by atoms with Crippen LogP contribution in [0.3, 0.4) is 0 Å². The minimum Gasteiger partial charge on any atom is -0.239 e. The second-order valence-electron chi connectivity index (χ2n) is 12.2.